The van der Waals surface area contributed by atoms with E-state index < -0.39 is 0 Å². The summed E-state index contributed by atoms with van der Waals surface area (Å²) in [6, 6.07) is 6.14. The Labute approximate surface area is 145 Å². The minimum atomic E-state index is 0.138. The van der Waals surface area contributed by atoms with E-state index >= 15 is 0 Å². The summed E-state index contributed by atoms with van der Waals surface area (Å²) in [6.45, 7) is 5.56. The van der Waals surface area contributed by atoms with Crippen LogP contribution in [0.15, 0.2) is 18.2 Å². The molecule has 1 fully saturated rings. The Morgan fingerprint density at radius 1 is 1.21 bits per heavy atom. The van der Waals surface area contributed by atoms with E-state index in [0.29, 0.717) is 30.4 Å². The van der Waals surface area contributed by atoms with Gasteiger partial charge in [-0.05, 0) is 49.9 Å². The van der Waals surface area contributed by atoms with Gasteiger partial charge in [-0.15, -0.1) is 0 Å². The maximum absolute atomic E-state index is 12.2. The quantitative estimate of drug-likeness (QED) is 0.794. The summed E-state index contributed by atoms with van der Waals surface area (Å²) in [5, 5.41) is 3.18. The van der Waals surface area contributed by atoms with Crippen LogP contribution in [0.5, 0.6) is 11.5 Å². The molecule has 1 aliphatic heterocycles. The molecule has 5 heteroatoms. The molecule has 5 nitrogen and oxygen atoms in total. The first-order valence-electron chi connectivity index (χ1n) is 8.88. The first-order chi connectivity index (χ1) is 11.7. The van der Waals surface area contributed by atoms with E-state index in [0.717, 1.165) is 31.5 Å². The number of hydrogen-bond donors (Lipinski definition) is 1. The number of amides is 1. The molecule has 1 saturated heterocycles. The van der Waals surface area contributed by atoms with Crippen molar-refractivity contribution in [2.75, 3.05) is 33.9 Å². The molecule has 1 aromatic rings. The predicted octanol–water partition coefficient (Wildman–Crippen LogP) is 2.63. The number of nitrogens with one attached hydrogen (secondary N) is 1. The average Bonchev–Trinajstić information content (AvgIpc) is 2.61. The number of carbonyl (C=O) groups is 1. The van der Waals surface area contributed by atoms with Crippen LogP contribution in [0, 0.1) is 0 Å². The van der Waals surface area contributed by atoms with Crippen LogP contribution in [0.3, 0.4) is 0 Å². The Morgan fingerprint density at radius 2 is 1.92 bits per heavy atom. The standard InChI is InChI=1S/C19H30N2O3/c1-4-11-21-12-9-16(10-13-21)20-19(22)8-6-15-5-7-17(23-2)18(14-15)24-3/h5,7,14,16H,4,6,8-13H2,1-3H3,(H,20,22). The van der Waals surface area contributed by atoms with Crippen LogP contribution in [0.1, 0.15) is 38.2 Å². The summed E-state index contributed by atoms with van der Waals surface area (Å²) >= 11 is 0. The molecule has 134 valence electrons. The molecule has 1 aliphatic rings. The molecule has 0 aromatic heterocycles. The van der Waals surface area contributed by atoms with Crippen molar-refractivity contribution in [1.82, 2.24) is 10.2 Å². The minimum Gasteiger partial charge on any atom is -0.493 e. The number of aryl methyl sites for hydroxylation is 1. The third-order valence-electron chi connectivity index (χ3n) is 4.58. The lowest BCUT2D eigenvalue weighted by Gasteiger charge is -2.32. The Balaban J connectivity index is 1.75. The first kappa shape index (κ1) is 18.6. The molecule has 0 unspecified atom stereocenters. The fourth-order valence-electron chi connectivity index (χ4n) is 3.21. The van der Waals surface area contributed by atoms with Crippen LogP contribution in [-0.2, 0) is 11.2 Å². The zero-order valence-corrected chi connectivity index (χ0v) is 15.1. The van der Waals surface area contributed by atoms with Gasteiger partial charge in [0.15, 0.2) is 11.5 Å². The summed E-state index contributed by atoms with van der Waals surface area (Å²) in [7, 11) is 3.25. The molecule has 0 bridgehead atoms. The van der Waals surface area contributed by atoms with E-state index in [1.165, 1.54) is 13.0 Å². The van der Waals surface area contributed by atoms with Crippen LogP contribution < -0.4 is 14.8 Å². The number of ether oxygens (including phenoxy) is 2. The van der Waals surface area contributed by atoms with E-state index in [1.54, 1.807) is 14.2 Å². The van der Waals surface area contributed by atoms with Crippen molar-refractivity contribution < 1.29 is 14.3 Å². The van der Waals surface area contributed by atoms with Gasteiger partial charge in [-0.1, -0.05) is 13.0 Å². The van der Waals surface area contributed by atoms with Gasteiger partial charge in [0, 0.05) is 25.6 Å². The van der Waals surface area contributed by atoms with Crippen LogP contribution in [0.25, 0.3) is 0 Å². The second-order valence-electron chi connectivity index (χ2n) is 6.37. The SMILES string of the molecule is CCCN1CCC(NC(=O)CCc2ccc(OC)c(OC)c2)CC1. The Kier molecular flexibility index (Phi) is 7.37. The first-order valence-corrected chi connectivity index (χ1v) is 8.88. The highest BCUT2D eigenvalue weighted by atomic mass is 16.5. The number of carbonyl (C=O) groups excluding carboxylic acids is 1. The monoisotopic (exact) mass is 334 g/mol. The molecule has 0 atom stereocenters. The number of methoxy groups -OCH3 is 2. The lowest BCUT2D eigenvalue weighted by atomic mass is 10.0. The molecular formula is C19H30N2O3. The minimum absolute atomic E-state index is 0.138. The molecule has 0 radical (unpaired) electrons. The Morgan fingerprint density at radius 3 is 2.54 bits per heavy atom. The number of benzene rings is 1. The zero-order valence-electron chi connectivity index (χ0n) is 15.1. The number of hydrogen-bond acceptors (Lipinski definition) is 4. The highest BCUT2D eigenvalue weighted by Gasteiger charge is 2.19. The maximum Gasteiger partial charge on any atom is 0.220 e. The normalized spacial score (nSPS) is 16.0. The topological polar surface area (TPSA) is 50.8 Å². The summed E-state index contributed by atoms with van der Waals surface area (Å²) in [5.74, 6) is 1.56. The van der Waals surface area contributed by atoms with Crippen molar-refractivity contribution in [1.29, 1.82) is 0 Å². The van der Waals surface area contributed by atoms with Gasteiger partial charge in [0.1, 0.15) is 0 Å². The second kappa shape index (κ2) is 9.52. The molecule has 1 heterocycles. The van der Waals surface area contributed by atoms with Gasteiger partial charge in [-0.3, -0.25) is 4.79 Å². The third kappa shape index (κ3) is 5.41. The van der Waals surface area contributed by atoms with Crippen molar-refractivity contribution in [3.05, 3.63) is 23.8 Å². The van der Waals surface area contributed by atoms with Crippen LogP contribution in [0.2, 0.25) is 0 Å². The van der Waals surface area contributed by atoms with E-state index in [-0.39, 0.29) is 5.91 Å². The summed E-state index contributed by atoms with van der Waals surface area (Å²) < 4.78 is 10.5. The van der Waals surface area contributed by atoms with E-state index in [2.05, 4.69) is 17.1 Å². The molecule has 0 saturated carbocycles. The highest BCUT2D eigenvalue weighted by molar-refractivity contribution is 5.76. The van der Waals surface area contributed by atoms with Crippen molar-refractivity contribution >= 4 is 5.91 Å². The van der Waals surface area contributed by atoms with E-state index in [1.807, 2.05) is 18.2 Å². The zero-order chi connectivity index (χ0) is 17.4. The number of rotatable bonds is 8. The maximum atomic E-state index is 12.2. The fraction of sp³-hybridized carbons (Fsp3) is 0.632. The third-order valence-corrected chi connectivity index (χ3v) is 4.58. The molecule has 1 N–H and O–H groups in total. The molecule has 0 spiro atoms. The smallest absolute Gasteiger partial charge is 0.220 e. The number of nitrogens with zero attached hydrogens (tertiary/aromatic N) is 1. The summed E-state index contributed by atoms with van der Waals surface area (Å²) in [6.07, 6.45) is 4.53. The van der Waals surface area contributed by atoms with Gasteiger partial charge in [-0.25, -0.2) is 0 Å². The van der Waals surface area contributed by atoms with Crippen molar-refractivity contribution in [3.63, 3.8) is 0 Å². The molecule has 2 rings (SSSR count). The van der Waals surface area contributed by atoms with E-state index in [9.17, 15) is 4.79 Å². The average molecular weight is 334 g/mol. The van der Waals surface area contributed by atoms with Gasteiger partial charge >= 0.3 is 0 Å². The van der Waals surface area contributed by atoms with Gasteiger partial charge in [0.05, 0.1) is 14.2 Å². The molecule has 24 heavy (non-hydrogen) atoms. The van der Waals surface area contributed by atoms with Crippen LogP contribution in [0.4, 0.5) is 0 Å². The van der Waals surface area contributed by atoms with Crippen molar-refractivity contribution in [2.24, 2.45) is 0 Å². The Bertz CT molecular complexity index is 525. The van der Waals surface area contributed by atoms with Crippen molar-refractivity contribution in [3.8, 4) is 11.5 Å². The second-order valence-corrected chi connectivity index (χ2v) is 6.37. The number of likely N-dealkylation sites (tertiary alicyclic amines) is 1. The van der Waals surface area contributed by atoms with Crippen LogP contribution >= 0.6 is 0 Å². The highest BCUT2D eigenvalue weighted by Crippen LogP contribution is 2.27. The van der Waals surface area contributed by atoms with E-state index in [4.69, 9.17) is 9.47 Å². The van der Waals surface area contributed by atoms with Gasteiger partial charge in [0.25, 0.3) is 0 Å². The predicted molar refractivity (Wildman–Crippen MR) is 95.8 cm³/mol. The van der Waals surface area contributed by atoms with Gasteiger partial charge in [0.2, 0.25) is 5.91 Å². The summed E-state index contributed by atoms with van der Waals surface area (Å²) in [5.41, 5.74) is 1.08. The van der Waals surface area contributed by atoms with Gasteiger partial charge in [-0.2, -0.15) is 0 Å². The van der Waals surface area contributed by atoms with Crippen molar-refractivity contribution in [2.45, 2.75) is 45.1 Å². The fourth-order valence-corrected chi connectivity index (χ4v) is 3.21. The molecular weight excluding hydrogens is 304 g/mol. The molecule has 1 aromatic carbocycles. The largest absolute Gasteiger partial charge is 0.493 e. The molecule has 0 aliphatic carbocycles. The Hall–Kier alpha value is -1.75. The lowest BCUT2D eigenvalue weighted by molar-refractivity contribution is -0.122. The summed E-state index contributed by atoms with van der Waals surface area (Å²) in [4.78, 5) is 14.7. The number of piperidine rings is 1. The molecule has 1 amide bonds. The van der Waals surface area contributed by atoms with Gasteiger partial charge < -0.3 is 19.7 Å². The lowest BCUT2D eigenvalue weighted by Crippen LogP contribution is -2.44. The van der Waals surface area contributed by atoms with Crippen LogP contribution in [-0.4, -0.2) is 50.7 Å².